The molecule has 20 heavy (non-hydrogen) atoms. The SMILES string of the molecule is Cc1ccc(C(=O)O)cc1NC(=O)CCN1CCCC1. The number of amides is 1. The monoisotopic (exact) mass is 276 g/mol. The molecular formula is C15H20N2O3. The van der Waals surface area contributed by atoms with Gasteiger partial charge in [-0.05, 0) is 50.6 Å². The largest absolute Gasteiger partial charge is 0.478 e. The topological polar surface area (TPSA) is 69.6 Å². The predicted octanol–water partition coefficient (Wildman–Crippen LogP) is 2.12. The first-order valence-corrected chi connectivity index (χ1v) is 6.92. The zero-order valence-corrected chi connectivity index (χ0v) is 11.7. The highest BCUT2D eigenvalue weighted by molar-refractivity contribution is 5.94. The van der Waals surface area contributed by atoms with Gasteiger partial charge in [0, 0.05) is 18.7 Å². The quantitative estimate of drug-likeness (QED) is 0.864. The summed E-state index contributed by atoms with van der Waals surface area (Å²) in [4.78, 5) is 25.1. The highest BCUT2D eigenvalue weighted by Gasteiger charge is 2.14. The number of carbonyl (C=O) groups excluding carboxylic acids is 1. The highest BCUT2D eigenvalue weighted by Crippen LogP contribution is 2.17. The molecule has 5 nitrogen and oxygen atoms in total. The third-order valence-electron chi connectivity index (χ3n) is 3.61. The minimum atomic E-state index is -0.988. The number of hydrogen-bond donors (Lipinski definition) is 2. The molecule has 1 fully saturated rings. The fraction of sp³-hybridized carbons (Fsp3) is 0.467. The van der Waals surface area contributed by atoms with Crippen molar-refractivity contribution in [1.29, 1.82) is 0 Å². The Balaban J connectivity index is 1.92. The van der Waals surface area contributed by atoms with Gasteiger partial charge in [-0.2, -0.15) is 0 Å². The van der Waals surface area contributed by atoms with Gasteiger partial charge < -0.3 is 15.3 Å². The summed E-state index contributed by atoms with van der Waals surface area (Å²) in [5, 5.41) is 11.8. The van der Waals surface area contributed by atoms with Crippen LogP contribution >= 0.6 is 0 Å². The molecule has 2 N–H and O–H groups in total. The number of hydrogen-bond acceptors (Lipinski definition) is 3. The van der Waals surface area contributed by atoms with Crippen molar-refractivity contribution >= 4 is 17.6 Å². The summed E-state index contributed by atoms with van der Waals surface area (Å²) >= 11 is 0. The number of aromatic carboxylic acids is 1. The minimum Gasteiger partial charge on any atom is -0.478 e. The lowest BCUT2D eigenvalue weighted by Crippen LogP contribution is -2.25. The minimum absolute atomic E-state index is 0.0671. The standard InChI is InChI=1S/C15H20N2O3/c1-11-4-5-12(15(19)20)10-13(11)16-14(18)6-9-17-7-2-3-8-17/h4-5,10H,2-3,6-9H2,1H3,(H,16,18)(H,19,20). The number of nitrogens with one attached hydrogen (secondary N) is 1. The molecule has 2 rings (SSSR count). The summed E-state index contributed by atoms with van der Waals surface area (Å²) in [6.07, 6.45) is 2.86. The van der Waals surface area contributed by atoms with Gasteiger partial charge in [0.15, 0.2) is 0 Å². The first-order valence-electron chi connectivity index (χ1n) is 6.92. The van der Waals surface area contributed by atoms with E-state index in [1.54, 1.807) is 6.07 Å². The zero-order chi connectivity index (χ0) is 14.5. The number of carboxylic acid groups (broad SMARTS) is 1. The molecular weight excluding hydrogens is 256 g/mol. The van der Waals surface area contributed by atoms with E-state index >= 15 is 0 Å². The van der Waals surface area contributed by atoms with Crippen LogP contribution in [0.3, 0.4) is 0 Å². The molecule has 1 aromatic rings. The summed E-state index contributed by atoms with van der Waals surface area (Å²) in [6.45, 7) is 4.76. The number of carbonyl (C=O) groups is 2. The lowest BCUT2D eigenvalue weighted by atomic mass is 10.1. The summed E-state index contributed by atoms with van der Waals surface area (Å²) in [7, 11) is 0. The van der Waals surface area contributed by atoms with Crippen LogP contribution in [0, 0.1) is 6.92 Å². The second-order valence-electron chi connectivity index (χ2n) is 5.18. The molecule has 0 bridgehead atoms. The molecule has 0 aliphatic carbocycles. The van der Waals surface area contributed by atoms with Crippen molar-refractivity contribution in [1.82, 2.24) is 4.90 Å². The van der Waals surface area contributed by atoms with Gasteiger partial charge in [-0.3, -0.25) is 4.79 Å². The summed E-state index contributed by atoms with van der Waals surface area (Å²) in [5.74, 6) is -1.06. The molecule has 1 aromatic carbocycles. The molecule has 0 atom stereocenters. The van der Waals surface area contributed by atoms with E-state index < -0.39 is 5.97 Å². The van der Waals surface area contributed by atoms with Crippen molar-refractivity contribution in [3.63, 3.8) is 0 Å². The average Bonchev–Trinajstić information content (AvgIpc) is 2.92. The molecule has 1 aliphatic rings. The molecule has 1 saturated heterocycles. The Hall–Kier alpha value is -1.88. The molecule has 108 valence electrons. The molecule has 0 radical (unpaired) electrons. The number of carboxylic acids is 1. The Kier molecular flexibility index (Phi) is 4.74. The van der Waals surface area contributed by atoms with Crippen LogP contribution in [0.1, 0.15) is 35.2 Å². The summed E-state index contributed by atoms with van der Waals surface area (Å²) in [6, 6.07) is 4.75. The van der Waals surface area contributed by atoms with Gasteiger partial charge in [-0.25, -0.2) is 4.79 Å². The van der Waals surface area contributed by atoms with E-state index in [-0.39, 0.29) is 11.5 Å². The third-order valence-corrected chi connectivity index (χ3v) is 3.61. The molecule has 0 aromatic heterocycles. The normalized spacial score (nSPS) is 15.2. The molecule has 1 aliphatic heterocycles. The number of nitrogens with zero attached hydrogens (tertiary/aromatic N) is 1. The van der Waals surface area contributed by atoms with Crippen LogP contribution in [0.15, 0.2) is 18.2 Å². The maximum absolute atomic E-state index is 11.9. The van der Waals surface area contributed by atoms with E-state index in [0.717, 1.165) is 25.2 Å². The maximum atomic E-state index is 11.9. The number of rotatable bonds is 5. The Bertz CT molecular complexity index is 508. The molecule has 0 spiro atoms. The van der Waals surface area contributed by atoms with Crippen LogP contribution in [0.5, 0.6) is 0 Å². The predicted molar refractivity (Wildman–Crippen MR) is 77.1 cm³/mol. The van der Waals surface area contributed by atoms with Crippen molar-refractivity contribution in [2.24, 2.45) is 0 Å². The lowest BCUT2D eigenvalue weighted by Gasteiger charge is -2.14. The van der Waals surface area contributed by atoms with Crippen LogP contribution in [0.4, 0.5) is 5.69 Å². The van der Waals surface area contributed by atoms with Crippen molar-refractivity contribution in [2.45, 2.75) is 26.2 Å². The van der Waals surface area contributed by atoms with Crippen LogP contribution in [-0.4, -0.2) is 41.5 Å². The zero-order valence-electron chi connectivity index (χ0n) is 11.7. The fourth-order valence-corrected chi connectivity index (χ4v) is 2.37. The van der Waals surface area contributed by atoms with Crippen molar-refractivity contribution < 1.29 is 14.7 Å². The van der Waals surface area contributed by atoms with Gasteiger partial charge in [0.1, 0.15) is 0 Å². The second-order valence-corrected chi connectivity index (χ2v) is 5.18. The number of aryl methyl sites for hydroxylation is 1. The molecule has 0 saturated carbocycles. The third kappa shape index (κ3) is 3.81. The summed E-state index contributed by atoms with van der Waals surface area (Å²) in [5.41, 5.74) is 1.63. The lowest BCUT2D eigenvalue weighted by molar-refractivity contribution is -0.116. The van der Waals surface area contributed by atoms with E-state index in [1.807, 2.05) is 6.92 Å². The maximum Gasteiger partial charge on any atom is 0.335 e. The number of benzene rings is 1. The van der Waals surface area contributed by atoms with E-state index in [0.29, 0.717) is 12.1 Å². The van der Waals surface area contributed by atoms with Crippen molar-refractivity contribution in [3.05, 3.63) is 29.3 Å². The number of likely N-dealkylation sites (tertiary alicyclic amines) is 1. The smallest absolute Gasteiger partial charge is 0.335 e. The van der Waals surface area contributed by atoms with Gasteiger partial charge in [0.2, 0.25) is 5.91 Å². The van der Waals surface area contributed by atoms with Gasteiger partial charge in [0.05, 0.1) is 5.56 Å². The Morgan fingerprint density at radius 2 is 2.00 bits per heavy atom. The Morgan fingerprint density at radius 1 is 1.30 bits per heavy atom. The van der Waals surface area contributed by atoms with Crippen LogP contribution in [0.25, 0.3) is 0 Å². The van der Waals surface area contributed by atoms with E-state index in [4.69, 9.17) is 5.11 Å². The van der Waals surface area contributed by atoms with E-state index in [9.17, 15) is 9.59 Å². The first kappa shape index (κ1) is 14.5. The number of anilines is 1. The Morgan fingerprint density at radius 3 is 2.65 bits per heavy atom. The van der Waals surface area contributed by atoms with Crippen LogP contribution < -0.4 is 5.32 Å². The molecule has 0 unspecified atom stereocenters. The van der Waals surface area contributed by atoms with Crippen LogP contribution in [-0.2, 0) is 4.79 Å². The van der Waals surface area contributed by atoms with Gasteiger partial charge in [-0.1, -0.05) is 6.07 Å². The van der Waals surface area contributed by atoms with Gasteiger partial charge in [0.25, 0.3) is 0 Å². The molecule has 5 heteroatoms. The average molecular weight is 276 g/mol. The first-order chi connectivity index (χ1) is 9.56. The van der Waals surface area contributed by atoms with Gasteiger partial charge in [-0.15, -0.1) is 0 Å². The molecule has 1 heterocycles. The van der Waals surface area contributed by atoms with E-state index in [2.05, 4.69) is 10.2 Å². The fourth-order valence-electron chi connectivity index (χ4n) is 2.37. The van der Waals surface area contributed by atoms with Crippen LogP contribution in [0.2, 0.25) is 0 Å². The Labute approximate surface area is 118 Å². The second kappa shape index (κ2) is 6.52. The summed E-state index contributed by atoms with van der Waals surface area (Å²) < 4.78 is 0. The van der Waals surface area contributed by atoms with Gasteiger partial charge >= 0.3 is 5.97 Å². The van der Waals surface area contributed by atoms with Crippen molar-refractivity contribution in [2.75, 3.05) is 25.0 Å². The van der Waals surface area contributed by atoms with Crippen molar-refractivity contribution in [3.8, 4) is 0 Å². The molecule has 1 amide bonds. The van der Waals surface area contributed by atoms with E-state index in [1.165, 1.54) is 25.0 Å². The highest BCUT2D eigenvalue weighted by atomic mass is 16.4.